The summed E-state index contributed by atoms with van der Waals surface area (Å²) in [6, 6.07) is 24.1. The topological polar surface area (TPSA) is 71.4 Å². The third-order valence-corrected chi connectivity index (χ3v) is 6.91. The van der Waals surface area contributed by atoms with Gasteiger partial charge in [0, 0.05) is 42.3 Å². The van der Waals surface area contributed by atoms with Crippen molar-refractivity contribution in [1.29, 1.82) is 0 Å². The summed E-state index contributed by atoms with van der Waals surface area (Å²) in [6.45, 7) is 4.09. The smallest absolute Gasteiger partial charge is 0.250 e. The number of amides is 1. The number of benzene rings is 2. The zero-order chi connectivity index (χ0) is 25.9. The van der Waals surface area contributed by atoms with Crippen LogP contribution in [0.1, 0.15) is 34.6 Å². The second-order valence-corrected chi connectivity index (χ2v) is 9.45. The molecule has 1 fully saturated rings. The third-order valence-electron chi connectivity index (χ3n) is 6.59. The molecule has 0 bridgehead atoms. The van der Waals surface area contributed by atoms with Gasteiger partial charge in [0.05, 0.1) is 11.7 Å². The van der Waals surface area contributed by atoms with Crippen LogP contribution in [-0.4, -0.2) is 34.3 Å². The number of methoxy groups -OCH3 is 1. The van der Waals surface area contributed by atoms with Crippen molar-refractivity contribution in [3.8, 4) is 5.69 Å². The Morgan fingerprint density at radius 1 is 1.05 bits per heavy atom. The molecule has 188 valence electrons. The lowest BCUT2D eigenvalue weighted by Crippen LogP contribution is -2.30. The Balaban J connectivity index is 1.60. The summed E-state index contributed by atoms with van der Waals surface area (Å²) in [6.07, 6.45) is 3.90. The molecule has 0 aliphatic carbocycles. The van der Waals surface area contributed by atoms with Gasteiger partial charge in [-0.3, -0.25) is 9.78 Å². The molecule has 5 rings (SSSR count). The fourth-order valence-corrected chi connectivity index (χ4v) is 5.22. The number of pyridine rings is 1. The van der Waals surface area contributed by atoms with Crippen molar-refractivity contribution in [2.45, 2.75) is 25.9 Å². The van der Waals surface area contributed by atoms with Gasteiger partial charge in [0.2, 0.25) is 5.91 Å². The van der Waals surface area contributed by atoms with E-state index in [0.29, 0.717) is 5.11 Å². The van der Waals surface area contributed by atoms with Gasteiger partial charge in [-0.1, -0.05) is 24.3 Å². The van der Waals surface area contributed by atoms with Gasteiger partial charge < -0.3 is 24.8 Å². The van der Waals surface area contributed by atoms with Crippen molar-refractivity contribution < 1.29 is 9.53 Å². The van der Waals surface area contributed by atoms with Crippen LogP contribution in [0.5, 0.6) is 0 Å². The fourth-order valence-electron chi connectivity index (χ4n) is 4.88. The standard InChI is InChI=1S/C29H29N5O2S/c1-19-9-4-5-11-24(19)33-16-8-12-25(33)28-27(23-10-6-7-15-30-23)32-29(37)34(28)21-13-14-22(20(2)17-21)31-26(35)18-36-3/h4-17,27-28H,18H2,1-3H3,(H,31,35)(H,32,37)/t27-,28+/m0/s1. The average Bonchev–Trinajstić information content (AvgIpc) is 3.50. The third kappa shape index (κ3) is 4.85. The lowest BCUT2D eigenvalue weighted by atomic mass is 10.00. The summed E-state index contributed by atoms with van der Waals surface area (Å²) in [7, 11) is 1.50. The quantitative estimate of drug-likeness (QED) is 0.330. The van der Waals surface area contributed by atoms with Gasteiger partial charge in [-0.15, -0.1) is 0 Å². The molecule has 2 aromatic carbocycles. The average molecular weight is 512 g/mol. The minimum absolute atomic E-state index is 0.00500. The molecule has 0 saturated carbocycles. The van der Waals surface area contributed by atoms with Crippen LogP contribution in [0.4, 0.5) is 11.4 Å². The first-order valence-electron chi connectivity index (χ1n) is 12.1. The van der Waals surface area contributed by atoms with Gasteiger partial charge in [0.15, 0.2) is 5.11 Å². The molecule has 1 saturated heterocycles. The molecule has 1 aliphatic rings. The molecular weight excluding hydrogens is 482 g/mol. The predicted molar refractivity (Wildman–Crippen MR) is 150 cm³/mol. The maximum Gasteiger partial charge on any atom is 0.250 e. The number of nitrogens with one attached hydrogen (secondary N) is 2. The van der Waals surface area contributed by atoms with Crippen molar-refractivity contribution in [2.24, 2.45) is 0 Å². The Labute approximate surface area is 222 Å². The Morgan fingerprint density at radius 2 is 1.86 bits per heavy atom. The highest BCUT2D eigenvalue weighted by Crippen LogP contribution is 2.43. The Morgan fingerprint density at radius 3 is 2.59 bits per heavy atom. The van der Waals surface area contributed by atoms with Crippen LogP contribution in [0, 0.1) is 13.8 Å². The molecule has 2 aromatic heterocycles. The minimum atomic E-state index is -0.194. The number of ether oxygens (including phenoxy) is 1. The molecule has 3 heterocycles. The van der Waals surface area contributed by atoms with E-state index >= 15 is 0 Å². The Kier molecular flexibility index (Phi) is 7.03. The van der Waals surface area contributed by atoms with Crippen molar-refractivity contribution in [2.75, 3.05) is 23.9 Å². The van der Waals surface area contributed by atoms with Crippen LogP contribution in [-0.2, 0) is 9.53 Å². The Hall–Kier alpha value is -4.01. The fraction of sp³-hybridized carbons (Fsp3) is 0.207. The van der Waals surface area contributed by atoms with E-state index in [1.165, 1.54) is 12.7 Å². The second-order valence-electron chi connectivity index (χ2n) is 9.07. The molecular formula is C29H29N5O2S. The number of carbonyl (C=O) groups excluding carboxylic acids is 1. The molecule has 37 heavy (non-hydrogen) atoms. The van der Waals surface area contributed by atoms with E-state index in [0.717, 1.165) is 34.0 Å². The normalized spacial score (nSPS) is 17.1. The summed E-state index contributed by atoms with van der Waals surface area (Å²) in [5.41, 5.74) is 6.90. The maximum absolute atomic E-state index is 12.1. The summed E-state index contributed by atoms with van der Waals surface area (Å²) in [5, 5.41) is 7.05. The van der Waals surface area contributed by atoms with Gasteiger partial charge in [-0.05, 0) is 85.7 Å². The van der Waals surface area contributed by atoms with Gasteiger partial charge >= 0.3 is 0 Å². The summed E-state index contributed by atoms with van der Waals surface area (Å²) in [5.74, 6) is -0.194. The van der Waals surface area contributed by atoms with E-state index in [4.69, 9.17) is 17.0 Å². The van der Waals surface area contributed by atoms with Crippen LogP contribution in [0.3, 0.4) is 0 Å². The number of thiocarbonyl (C=S) groups is 1. The first-order valence-corrected chi connectivity index (χ1v) is 12.5. The van der Waals surface area contributed by atoms with E-state index in [9.17, 15) is 4.79 Å². The van der Waals surface area contributed by atoms with Gasteiger partial charge in [-0.2, -0.15) is 0 Å². The zero-order valence-corrected chi connectivity index (χ0v) is 21.8. The molecule has 7 nitrogen and oxygen atoms in total. The van der Waals surface area contributed by atoms with Crippen LogP contribution in [0.25, 0.3) is 5.69 Å². The van der Waals surface area contributed by atoms with E-state index in [1.807, 2.05) is 55.6 Å². The molecule has 1 amide bonds. The molecule has 8 heteroatoms. The number of anilines is 2. The Bertz CT molecular complexity index is 1440. The molecule has 0 unspecified atom stereocenters. The summed E-state index contributed by atoms with van der Waals surface area (Å²) < 4.78 is 7.17. The van der Waals surface area contributed by atoms with Crippen molar-refractivity contribution in [3.05, 3.63) is 108 Å². The van der Waals surface area contributed by atoms with Gasteiger partial charge in [-0.25, -0.2) is 0 Å². The number of carbonyl (C=O) groups is 1. The largest absolute Gasteiger partial charge is 0.375 e. The predicted octanol–water partition coefficient (Wildman–Crippen LogP) is 5.25. The highest BCUT2D eigenvalue weighted by atomic mass is 32.1. The van der Waals surface area contributed by atoms with Crippen LogP contribution < -0.4 is 15.5 Å². The van der Waals surface area contributed by atoms with E-state index < -0.39 is 0 Å². The number of para-hydroxylation sites is 1. The maximum atomic E-state index is 12.1. The van der Waals surface area contributed by atoms with Crippen LogP contribution >= 0.6 is 12.2 Å². The van der Waals surface area contributed by atoms with Gasteiger partial charge in [0.1, 0.15) is 12.6 Å². The molecule has 1 aliphatic heterocycles. The highest BCUT2D eigenvalue weighted by Gasteiger charge is 2.42. The molecule has 2 N–H and O–H groups in total. The number of aromatic nitrogens is 2. The van der Waals surface area contributed by atoms with Crippen LogP contribution in [0.2, 0.25) is 0 Å². The lowest BCUT2D eigenvalue weighted by Gasteiger charge is -2.29. The lowest BCUT2D eigenvalue weighted by molar-refractivity contribution is -0.119. The number of hydrogen-bond acceptors (Lipinski definition) is 4. The molecule has 4 aromatic rings. The first-order chi connectivity index (χ1) is 18.0. The molecule has 0 radical (unpaired) electrons. The monoisotopic (exact) mass is 511 g/mol. The number of nitrogens with zero attached hydrogens (tertiary/aromatic N) is 3. The number of hydrogen-bond donors (Lipinski definition) is 2. The van der Waals surface area contributed by atoms with Crippen molar-refractivity contribution >= 4 is 34.6 Å². The van der Waals surface area contributed by atoms with E-state index in [-0.39, 0.29) is 24.6 Å². The van der Waals surface area contributed by atoms with Gasteiger partial charge in [0.25, 0.3) is 0 Å². The minimum Gasteiger partial charge on any atom is -0.375 e. The first kappa shape index (κ1) is 24.7. The van der Waals surface area contributed by atoms with E-state index in [1.54, 1.807) is 0 Å². The zero-order valence-electron chi connectivity index (χ0n) is 21.0. The van der Waals surface area contributed by atoms with E-state index in [2.05, 4.69) is 68.5 Å². The SMILES string of the molecule is COCC(=O)Nc1ccc(N2C(=S)N[C@@H](c3ccccn3)[C@H]2c2cccn2-c2ccccc2C)cc1C. The second kappa shape index (κ2) is 10.5. The van der Waals surface area contributed by atoms with Crippen molar-refractivity contribution in [3.63, 3.8) is 0 Å². The molecule has 2 atom stereocenters. The molecule has 0 spiro atoms. The highest BCUT2D eigenvalue weighted by molar-refractivity contribution is 7.80. The van der Waals surface area contributed by atoms with Crippen molar-refractivity contribution in [1.82, 2.24) is 14.9 Å². The summed E-state index contributed by atoms with van der Waals surface area (Å²) in [4.78, 5) is 18.9. The number of aryl methyl sites for hydroxylation is 2. The number of rotatable bonds is 7. The summed E-state index contributed by atoms with van der Waals surface area (Å²) >= 11 is 5.91. The van der Waals surface area contributed by atoms with Crippen LogP contribution in [0.15, 0.2) is 85.2 Å².